The second-order valence-electron chi connectivity index (χ2n) is 5.31. The summed E-state index contributed by atoms with van der Waals surface area (Å²) in [6.07, 6.45) is 0.755. The van der Waals surface area contributed by atoms with Crippen molar-refractivity contribution in [3.8, 4) is 0 Å². The average Bonchev–Trinajstić information content (AvgIpc) is 2.53. The van der Waals surface area contributed by atoms with Crippen molar-refractivity contribution >= 4 is 27.9 Å². The fourth-order valence-corrected chi connectivity index (χ4v) is 2.87. The van der Waals surface area contributed by atoms with Gasteiger partial charge < -0.3 is 10.1 Å². The number of carbonyl (C=O) groups excluding carboxylic acids is 2. The SMILES string of the molecule is CCCOC(=O)C1=C(C)N(CC)C(=O)NC1c1ccc(Br)cc1. The van der Waals surface area contributed by atoms with Crippen molar-refractivity contribution < 1.29 is 14.3 Å². The van der Waals surface area contributed by atoms with Crippen LogP contribution in [0.2, 0.25) is 0 Å². The lowest BCUT2D eigenvalue weighted by Gasteiger charge is -2.34. The zero-order valence-electron chi connectivity index (χ0n) is 13.6. The number of carbonyl (C=O) groups is 2. The number of benzene rings is 1. The number of hydrogen-bond donors (Lipinski definition) is 1. The van der Waals surface area contributed by atoms with E-state index in [2.05, 4.69) is 21.2 Å². The number of halogens is 1. The van der Waals surface area contributed by atoms with E-state index in [1.807, 2.05) is 38.1 Å². The lowest BCUT2D eigenvalue weighted by atomic mass is 9.95. The van der Waals surface area contributed by atoms with E-state index in [0.717, 1.165) is 16.5 Å². The monoisotopic (exact) mass is 380 g/mol. The fourth-order valence-electron chi connectivity index (χ4n) is 2.60. The topological polar surface area (TPSA) is 58.6 Å². The van der Waals surface area contributed by atoms with Crippen LogP contribution in [-0.4, -0.2) is 30.1 Å². The third-order valence-electron chi connectivity index (χ3n) is 3.77. The van der Waals surface area contributed by atoms with Gasteiger partial charge in [-0.1, -0.05) is 35.0 Å². The van der Waals surface area contributed by atoms with Crippen LogP contribution in [0.4, 0.5) is 4.79 Å². The van der Waals surface area contributed by atoms with Crippen molar-refractivity contribution in [1.82, 2.24) is 10.2 Å². The van der Waals surface area contributed by atoms with Gasteiger partial charge in [0.25, 0.3) is 0 Å². The Kier molecular flexibility index (Phi) is 5.82. The molecule has 2 amide bonds. The highest BCUT2D eigenvalue weighted by Gasteiger charge is 2.35. The first kappa shape index (κ1) is 17.5. The summed E-state index contributed by atoms with van der Waals surface area (Å²) < 4.78 is 6.26. The molecule has 0 spiro atoms. The summed E-state index contributed by atoms with van der Waals surface area (Å²) in [5.74, 6) is -0.379. The molecule has 1 unspecified atom stereocenters. The summed E-state index contributed by atoms with van der Waals surface area (Å²) in [4.78, 5) is 26.4. The molecule has 1 N–H and O–H groups in total. The summed E-state index contributed by atoms with van der Waals surface area (Å²) in [7, 11) is 0. The average molecular weight is 381 g/mol. The molecule has 1 aliphatic heterocycles. The molecule has 0 saturated heterocycles. The molecule has 1 heterocycles. The molecule has 0 bridgehead atoms. The maximum atomic E-state index is 12.5. The van der Waals surface area contributed by atoms with Crippen LogP contribution in [0.3, 0.4) is 0 Å². The predicted molar refractivity (Wildman–Crippen MR) is 91.7 cm³/mol. The summed E-state index contributed by atoms with van der Waals surface area (Å²) in [5.41, 5.74) is 1.98. The first-order valence-electron chi connectivity index (χ1n) is 7.71. The largest absolute Gasteiger partial charge is 0.462 e. The number of amides is 2. The Hall–Kier alpha value is -1.82. The molecule has 23 heavy (non-hydrogen) atoms. The van der Waals surface area contributed by atoms with Crippen LogP contribution in [0.15, 0.2) is 40.0 Å². The minimum absolute atomic E-state index is 0.204. The zero-order chi connectivity index (χ0) is 17.0. The lowest BCUT2D eigenvalue weighted by molar-refractivity contribution is -0.139. The number of rotatable bonds is 5. The molecule has 0 fully saturated rings. The fraction of sp³-hybridized carbons (Fsp3) is 0.412. The van der Waals surface area contributed by atoms with Gasteiger partial charge in [-0.3, -0.25) is 4.90 Å². The van der Waals surface area contributed by atoms with E-state index >= 15 is 0 Å². The van der Waals surface area contributed by atoms with Crippen molar-refractivity contribution in [3.63, 3.8) is 0 Å². The highest BCUT2D eigenvalue weighted by molar-refractivity contribution is 9.10. The van der Waals surface area contributed by atoms with Crippen molar-refractivity contribution in [1.29, 1.82) is 0 Å². The van der Waals surface area contributed by atoms with Crippen molar-refractivity contribution in [2.24, 2.45) is 0 Å². The Morgan fingerprint density at radius 2 is 1.96 bits per heavy atom. The van der Waals surface area contributed by atoms with Gasteiger partial charge in [0.15, 0.2) is 0 Å². The molecule has 6 heteroatoms. The molecule has 124 valence electrons. The molecular formula is C17H21BrN2O3. The third kappa shape index (κ3) is 3.75. The van der Waals surface area contributed by atoms with Gasteiger partial charge in [-0.15, -0.1) is 0 Å². The molecule has 1 aromatic carbocycles. The van der Waals surface area contributed by atoms with Crippen molar-refractivity contribution in [2.45, 2.75) is 33.2 Å². The Morgan fingerprint density at radius 3 is 2.52 bits per heavy atom. The van der Waals surface area contributed by atoms with Gasteiger partial charge in [0, 0.05) is 16.7 Å². The summed E-state index contributed by atoms with van der Waals surface area (Å²) in [5, 5.41) is 2.90. The number of nitrogens with zero attached hydrogens (tertiary/aromatic N) is 1. The molecule has 2 rings (SSSR count). The minimum atomic E-state index is -0.497. The molecule has 0 radical (unpaired) electrons. The molecule has 1 aliphatic rings. The van der Waals surface area contributed by atoms with Crippen LogP contribution < -0.4 is 5.32 Å². The van der Waals surface area contributed by atoms with E-state index in [4.69, 9.17) is 4.74 Å². The Morgan fingerprint density at radius 1 is 1.30 bits per heavy atom. The van der Waals surface area contributed by atoms with E-state index in [-0.39, 0.29) is 12.0 Å². The van der Waals surface area contributed by atoms with Crippen LogP contribution in [0, 0.1) is 0 Å². The smallest absolute Gasteiger partial charge is 0.338 e. The Balaban J connectivity index is 2.45. The third-order valence-corrected chi connectivity index (χ3v) is 4.30. The van der Waals surface area contributed by atoms with Crippen molar-refractivity contribution in [2.75, 3.05) is 13.2 Å². The number of esters is 1. The van der Waals surface area contributed by atoms with E-state index in [1.165, 1.54) is 0 Å². The van der Waals surface area contributed by atoms with Crippen LogP contribution in [0.5, 0.6) is 0 Å². The Bertz CT molecular complexity index is 625. The number of hydrogen-bond acceptors (Lipinski definition) is 3. The van der Waals surface area contributed by atoms with E-state index in [9.17, 15) is 9.59 Å². The molecular weight excluding hydrogens is 360 g/mol. The molecule has 1 aromatic rings. The normalized spacial score (nSPS) is 18.0. The van der Waals surface area contributed by atoms with Gasteiger partial charge in [0.1, 0.15) is 0 Å². The molecule has 0 aromatic heterocycles. The van der Waals surface area contributed by atoms with Crippen molar-refractivity contribution in [3.05, 3.63) is 45.6 Å². The quantitative estimate of drug-likeness (QED) is 0.791. The molecule has 1 atom stereocenters. The van der Waals surface area contributed by atoms with E-state index < -0.39 is 6.04 Å². The minimum Gasteiger partial charge on any atom is -0.462 e. The summed E-state index contributed by atoms with van der Waals surface area (Å²) in [6, 6.07) is 6.84. The van der Waals surface area contributed by atoms with Gasteiger partial charge in [0.05, 0.1) is 18.2 Å². The van der Waals surface area contributed by atoms with Crippen LogP contribution in [0.25, 0.3) is 0 Å². The molecule has 5 nitrogen and oxygen atoms in total. The van der Waals surface area contributed by atoms with E-state index in [0.29, 0.717) is 24.4 Å². The highest BCUT2D eigenvalue weighted by atomic mass is 79.9. The van der Waals surface area contributed by atoms with E-state index in [1.54, 1.807) is 11.8 Å². The van der Waals surface area contributed by atoms with Crippen LogP contribution >= 0.6 is 15.9 Å². The van der Waals surface area contributed by atoms with Gasteiger partial charge in [-0.2, -0.15) is 0 Å². The van der Waals surface area contributed by atoms with Crippen LogP contribution in [0.1, 0.15) is 38.8 Å². The second-order valence-corrected chi connectivity index (χ2v) is 6.23. The van der Waals surface area contributed by atoms with Crippen LogP contribution in [-0.2, 0) is 9.53 Å². The number of ether oxygens (including phenoxy) is 1. The molecule has 0 saturated carbocycles. The van der Waals surface area contributed by atoms with Gasteiger partial charge >= 0.3 is 12.0 Å². The summed E-state index contributed by atoms with van der Waals surface area (Å²) >= 11 is 3.39. The lowest BCUT2D eigenvalue weighted by Crippen LogP contribution is -2.47. The highest BCUT2D eigenvalue weighted by Crippen LogP contribution is 2.31. The number of allylic oxidation sites excluding steroid dienone is 1. The first-order chi connectivity index (χ1) is 11.0. The maximum Gasteiger partial charge on any atom is 0.338 e. The standard InChI is InChI=1S/C17H21BrN2O3/c1-4-10-23-16(21)14-11(3)20(5-2)17(22)19-15(14)12-6-8-13(18)9-7-12/h6-9,15H,4-5,10H2,1-3H3,(H,19,22). The maximum absolute atomic E-state index is 12.5. The first-order valence-corrected chi connectivity index (χ1v) is 8.50. The second kappa shape index (κ2) is 7.64. The summed E-state index contributed by atoms with van der Waals surface area (Å²) in [6.45, 7) is 6.47. The Labute approximate surface area is 144 Å². The van der Waals surface area contributed by atoms with Gasteiger partial charge in [0.2, 0.25) is 0 Å². The van der Waals surface area contributed by atoms with Gasteiger partial charge in [-0.25, -0.2) is 9.59 Å². The number of urea groups is 1. The number of nitrogens with one attached hydrogen (secondary N) is 1. The molecule has 0 aliphatic carbocycles. The predicted octanol–water partition coefficient (Wildman–Crippen LogP) is 3.76. The van der Waals surface area contributed by atoms with Gasteiger partial charge in [-0.05, 0) is 38.0 Å². The zero-order valence-corrected chi connectivity index (χ0v) is 15.1.